The Balaban J connectivity index is 1.09. The number of piperidine rings is 1. The van der Waals surface area contributed by atoms with E-state index in [2.05, 4.69) is 61.7 Å². The summed E-state index contributed by atoms with van der Waals surface area (Å²) >= 11 is 0.991. The first-order valence-corrected chi connectivity index (χ1v) is 18.7. The van der Waals surface area contributed by atoms with Gasteiger partial charge in [-0.3, -0.25) is 9.80 Å². The molecule has 16 heteroatoms. The highest BCUT2D eigenvalue weighted by molar-refractivity contribution is 7.88. The third-order valence-corrected chi connectivity index (χ3v) is 11.9. The van der Waals surface area contributed by atoms with Gasteiger partial charge in [-0.05, 0) is 56.0 Å². The molecule has 5 heterocycles. The molecule has 3 aromatic heterocycles. The van der Waals surface area contributed by atoms with E-state index in [1.807, 2.05) is 6.07 Å². The molecule has 0 saturated carbocycles. The molecule has 2 aliphatic rings. The Morgan fingerprint density at radius 2 is 1.81 bits per heavy atom. The van der Waals surface area contributed by atoms with Gasteiger partial charge in [0.25, 0.3) is 0 Å². The van der Waals surface area contributed by atoms with E-state index in [1.165, 1.54) is 22.2 Å². The summed E-state index contributed by atoms with van der Waals surface area (Å²) in [6.07, 6.45) is -2.40. The second kappa shape index (κ2) is 13.4. The fourth-order valence-electron chi connectivity index (χ4n) is 6.89. The number of piperazine rings is 1. The van der Waals surface area contributed by atoms with E-state index in [0.29, 0.717) is 54.5 Å². The fourth-order valence-corrected chi connectivity index (χ4v) is 8.78. The molecular weight excluding hydrogens is 664 g/mol. The van der Waals surface area contributed by atoms with Crippen molar-refractivity contribution < 1.29 is 21.6 Å². The number of thiophene rings is 1. The molecule has 0 bridgehead atoms. The van der Waals surface area contributed by atoms with Gasteiger partial charge in [0.15, 0.2) is 0 Å². The van der Waals surface area contributed by atoms with Crippen LogP contribution in [0.4, 0.5) is 24.9 Å². The zero-order chi connectivity index (χ0) is 34.4. The predicted octanol–water partition coefficient (Wildman–Crippen LogP) is 4.56. The Hall–Kier alpha value is -3.49. The van der Waals surface area contributed by atoms with Crippen molar-refractivity contribution in [3.63, 3.8) is 0 Å². The number of sulfonamides is 1. The maximum absolute atomic E-state index is 13.0. The number of nitrogens with zero attached hydrogens (tertiary/aromatic N) is 7. The first kappa shape index (κ1) is 34.4. The zero-order valence-electron chi connectivity index (χ0n) is 27.2. The first-order valence-electron chi connectivity index (χ1n) is 16.0. The minimum absolute atomic E-state index is 0.0315. The minimum Gasteiger partial charge on any atom is -0.368 e. The van der Waals surface area contributed by atoms with Crippen molar-refractivity contribution in [1.29, 1.82) is 5.26 Å². The van der Waals surface area contributed by atoms with Crippen molar-refractivity contribution in [2.45, 2.75) is 64.5 Å². The molecule has 2 saturated heterocycles. The van der Waals surface area contributed by atoms with Crippen LogP contribution in [0.5, 0.6) is 0 Å². The number of hydrogen-bond acceptors (Lipinski definition) is 10. The Labute approximate surface area is 282 Å². The largest absolute Gasteiger partial charge is 0.393 e. The number of nitriles is 1. The van der Waals surface area contributed by atoms with Gasteiger partial charge >= 0.3 is 6.18 Å². The average molecular weight is 704 g/mol. The highest BCUT2D eigenvalue weighted by atomic mass is 32.2. The molecule has 11 nitrogen and oxygen atoms in total. The van der Waals surface area contributed by atoms with Crippen LogP contribution in [0.2, 0.25) is 0 Å². The second-order valence-corrected chi connectivity index (χ2v) is 16.0. The molecule has 4 aromatic rings. The lowest BCUT2D eigenvalue weighted by Crippen LogP contribution is -2.51. The molecule has 258 valence electrons. The van der Waals surface area contributed by atoms with Crippen LogP contribution in [0, 0.1) is 18.3 Å². The molecule has 2 aliphatic heterocycles. The molecule has 0 unspecified atom stereocenters. The van der Waals surface area contributed by atoms with E-state index in [0.717, 1.165) is 60.3 Å². The Morgan fingerprint density at radius 3 is 2.46 bits per heavy atom. The number of anilines is 2. The molecule has 2 fully saturated rings. The van der Waals surface area contributed by atoms with Crippen LogP contribution in [0.25, 0.3) is 21.1 Å². The molecule has 1 aromatic carbocycles. The highest BCUT2D eigenvalue weighted by Gasteiger charge is 2.30. The maximum Gasteiger partial charge on any atom is 0.393 e. The molecule has 0 spiro atoms. The number of fused-ring (bicyclic) bond motifs is 2. The maximum atomic E-state index is 13.0. The number of aromatic nitrogens is 3. The SMILES string of the molecule is Cc1c(CN2CCC(Nc3nc(N)nc4sc(CC(F)(F)F)cc34)CC2)ccc2c1cc(C#N)n2C[C@@H](C)N1CCN(S(C)(=O)=O)CC1. The van der Waals surface area contributed by atoms with Crippen LogP contribution in [-0.4, -0.2) is 101 Å². The Morgan fingerprint density at radius 1 is 1.10 bits per heavy atom. The smallest absolute Gasteiger partial charge is 0.368 e. The number of nitrogens with two attached hydrogens (primary N) is 1. The summed E-state index contributed by atoms with van der Waals surface area (Å²) in [6.45, 7) is 9.51. The topological polar surface area (TPSA) is 136 Å². The summed E-state index contributed by atoms with van der Waals surface area (Å²) in [5.74, 6) is 0.509. The van der Waals surface area contributed by atoms with Gasteiger partial charge in [0, 0.05) is 80.2 Å². The van der Waals surface area contributed by atoms with E-state index in [4.69, 9.17) is 5.73 Å². The number of alkyl halides is 3. The number of hydrogen-bond donors (Lipinski definition) is 2. The standard InChI is InChI=1S/C32H40F3N9O2S2/c1-20(42-10-12-43(13-11-42)48(3,45)46)18-44-24(17-36)14-26-21(2)22(4-5-28(26)44)19-41-8-6-23(7-9-41)38-29-27-15-25(16-32(33,34)35)47-30(27)40-31(37)39-29/h4-5,14-15,20,23H,6-13,16,18-19H2,1-3H3,(H3,37,38,39,40)/t20-/m1/s1. The van der Waals surface area contributed by atoms with Gasteiger partial charge in [0.05, 0.1) is 18.1 Å². The fraction of sp³-hybridized carbons (Fsp3) is 0.531. The molecule has 0 aliphatic carbocycles. The van der Waals surface area contributed by atoms with E-state index in [9.17, 15) is 26.9 Å². The van der Waals surface area contributed by atoms with Crippen molar-refractivity contribution in [1.82, 2.24) is 28.6 Å². The lowest BCUT2D eigenvalue weighted by atomic mass is 10.0. The summed E-state index contributed by atoms with van der Waals surface area (Å²) in [5.41, 5.74) is 9.85. The van der Waals surface area contributed by atoms with Crippen molar-refractivity contribution in [2.24, 2.45) is 0 Å². The van der Waals surface area contributed by atoms with Gasteiger partial charge in [0.1, 0.15) is 22.4 Å². The van der Waals surface area contributed by atoms with Gasteiger partial charge in [-0.1, -0.05) is 6.07 Å². The van der Waals surface area contributed by atoms with Crippen LogP contribution in [0.3, 0.4) is 0 Å². The van der Waals surface area contributed by atoms with Gasteiger partial charge in [-0.2, -0.15) is 27.7 Å². The van der Waals surface area contributed by atoms with E-state index >= 15 is 0 Å². The van der Waals surface area contributed by atoms with Crippen molar-refractivity contribution in [2.75, 3.05) is 56.6 Å². The molecule has 1 atom stereocenters. The number of nitrogen functional groups attached to an aromatic ring is 1. The number of likely N-dealkylation sites (tertiary alicyclic amines) is 1. The average Bonchev–Trinajstić information content (AvgIpc) is 3.58. The number of aryl methyl sites for hydroxylation is 1. The molecule has 0 radical (unpaired) electrons. The van der Waals surface area contributed by atoms with Gasteiger partial charge in [-0.25, -0.2) is 13.4 Å². The van der Waals surface area contributed by atoms with Crippen molar-refractivity contribution >= 4 is 54.2 Å². The second-order valence-electron chi connectivity index (χ2n) is 12.9. The zero-order valence-corrected chi connectivity index (χ0v) is 28.9. The van der Waals surface area contributed by atoms with Crippen LogP contribution in [0.15, 0.2) is 24.3 Å². The number of rotatable bonds is 9. The van der Waals surface area contributed by atoms with Crippen molar-refractivity contribution in [3.05, 3.63) is 46.0 Å². The number of benzene rings is 1. The lowest BCUT2D eigenvalue weighted by Gasteiger charge is -2.37. The molecule has 6 rings (SSSR count). The normalized spacial score (nSPS) is 18.4. The van der Waals surface area contributed by atoms with Gasteiger partial charge in [0.2, 0.25) is 16.0 Å². The van der Waals surface area contributed by atoms with Crippen LogP contribution < -0.4 is 11.1 Å². The summed E-state index contributed by atoms with van der Waals surface area (Å²) in [5, 5.41) is 15.1. The van der Waals surface area contributed by atoms with E-state index in [-0.39, 0.29) is 22.9 Å². The van der Waals surface area contributed by atoms with Crippen LogP contribution in [0.1, 0.15) is 41.5 Å². The highest BCUT2D eigenvalue weighted by Crippen LogP contribution is 2.34. The summed E-state index contributed by atoms with van der Waals surface area (Å²) in [4.78, 5) is 13.8. The number of nitrogens with one attached hydrogen (secondary N) is 1. The quantitative estimate of drug-likeness (QED) is 0.257. The Bertz CT molecular complexity index is 1950. The molecule has 3 N–H and O–H groups in total. The summed E-state index contributed by atoms with van der Waals surface area (Å²) < 4.78 is 66.4. The monoisotopic (exact) mass is 703 g/mol. The third kappa shape index (κ3) is 7.55. The van der Waals surface area contributed by atoms with Gasteiger partial charge < -0.3 is 15.6 Å². The molecular formula is C32H40F3N9O2S2. The summed E-state index contributed by atoms with van der Waals surface area (Å²) in [6, 6.07) is 10.3. The van der Waals surface area contributed by atoms with Crippen molar-refractivity contribution in [3.8, 4) is 6.07 Å². The number of halogens is 3. The predicted molar refractivity (Wildman–Crippen MR) is 182 cm³/mol. The molecule has 0 amide bonds. The third-order valence-electron chi connectivity index (χ3n) is 9.55. The van der Waals surface area contributed by atoms with Crippen LogP contribution in [-0.2, 0) is 29.5 Å². The molecule has 48 heavy (non-hydrogen) atoms. The minimum atomic E-state index is -4.30. The first-order chi connectivity index (χ1) is 22.7. The Kier molecular flexibility index (Phi) is 9.62. The van der Waals surface area contributed by atoms with Gasteiger partial charge in [-0.15, -0.1) is 11.3 Å². The van der Waals surface area contributed by atoms with E-state index < -0.39 is 22.6 Å². The summed E-state index contributed by atoms with van der Waals surface area (Å²) in [7, 11) is -3.20. The van der Waals surface area contributed by atoms with Crippen LogP contribution >= 0.6 is 11.3 Å². The lowest BCUT2D eigenvalue weighted by molar-refractivity contribution is -0.126. The van der Waals surface area contributed by atoms with E-state index in [1.54, 1.807) is 0 Å².